The molecule has 4 aromatic rings. The molecule has 0 aliphatic heterocycles. The quantitative estimate of drug-likeness (QED) is 0.0290. The zero-order valence-corrected chi connectivity index (χ0v) is 59.4. The molecular weight excluding hydrogens is 1260 g/mol. The van der Waals surface area contributed by atoms with E-state index in [9.17, 15) is 47.9 Å². The van der Waals surface area contributed by atoms with E-state index in [0.717, 1.165) is 24.3 Å². The second-order valence-corrected chi connectivity index (χ2v) is 28.2. The van der Waals surface area contributed by atoms with Crippen LogP contribution in [-0.2, 0) is 78.2 Å². The van der Waals surface area contributed by atoms with E-state index in [0.29, 0.717) is 25.7 Å². The van der Waals surface area contributed by atoms with Gasteiger partial charge in [0.15, 0.2) is 11.6 Å². The first-order valence-electron chi connectivity index (χ1n) is 30.8. The van der Waals surface area contributed by atoms with Gasteiger partial charge in [0.1, 0.15) is 44.8 Å². The van der Waals surface area contributed by atoms with Gasteiger partial charge in [-0.1, -0.05) is 52.0 Å². The Balaban J connectivity index is 0.000000502. The summed E-state index contributed by atoms with van der Waals surface area (Å²) in [7, 11) is 0. The minimum atomic E-state index is -1.09. The molecule has 0 unspecified atom stereocenters. The van der Waals surface area contributed by atoms with Crippen LogP contribution in [0.4, 0.5) is 0 Å². The average Bonchev–Trinajstić information content (AvgIpc) is 0.801. The third-order valence-corrected chi connectivity index (χ3v) is 13.1. The van der Waals surface area contributed by atoms with Crippen LogP contribution in [0.1, 0.15) is 307 Å². The molecule has 0 bridgehead atoms. The summed E-state index contributed by atoms with van der Waals surface area (Å²) in [5.41, 5.74) is -9.64. The first-order valence-corrected chi connectivity index (χ1v) is 30.8. The zero-order valence-electron chi connectivity index (χ0n) is 59.4. The van der Waals surface area contributed by atoms with Crippen molar-refractivity contribution in [3.8, 4) is 0 Å². The summed E-state index contributed by atoms with van der Waals surface area (Å²) in [6, 6.07) is 14.3. The van der Waals surface area contributed by atoms with Crippen LogP contribution < -0.4 is 0 Å². The topological polar surface area (TPSA) is 318 Å². The second kappa shape index (κ2) is 33.6. The van der Waals surface area contributed by atoms with Crippen LogP contribution in [0.15, 0.2) is 72.8 Å². The Labute approximate surface area is 559 Å². The second-order valence-electron chi connectivity index (χ2n) is 28.2. The zero-order chi connectivity index (χ0) is 73.3. The SMILES string of the molecule is CC(C)(C)OOC(=O)c1ccc(C(=O)c2ccc(C(=O)OOC(C)(C)C)c(C(=O)OOC(C)(C)C)c2)cc1C(=O)OOC(C)(C)C.CCC(C)(C)OOC(=O)c1ccc(C(=O)c2ccc(C(=O)OOC(C)(C)CC)c(C(=O)OOC(C)(C)CC)c2)cc1C(=O)OOC(C)(C)CC. The predicted molar refractivity (Wildman–Crippen MR) is 341 cm³/mol. The first kappa shape index (κ1) is 81.9. The van der Waals surface area contributed by atoms with Crippen LogP contribution in [0.25, 0.3) is 0 Å². The van der Waals surface area contributed by atoms with Crippen molar-refractivity contribution in [2.75, 3.05) is 0 Å². The number of carbonyl (C=O) groups is 10. The van der Waals surface area contributed by atoms with E-state index in [2.05, 4.69) is 0 Å². The van der Waals surface area contributed by atoms with Crippen molar-refractivity contribution < 1.29 is 126 Å². The molecule has 4 aromatic carbocycles. The molecule has 26 heteroatoms. The molecule has 0 atom stereocenters. The van der Waals surface area contributed by atoms with Gasteiger partial charge in [-0.2, -0.15) is 39.1 Å². The van der Waals surface area contributed by atoms with Crippen molar-refractivity contribution >= 4 is 59.3 Å². The number of hydrogen-bond acceptors (Lipinski definition) is 26. The van der Waals surface area contributed by atoms with Gasteiger partial charge in [0.2, 0.25) is 0 Å². The Hall–Kier alpha value is -8.34. The average molecular weight is 1350 g/mol. The summed E-state index contributed by atoms with van der Waals surface area (Å²) < 4.78 is 0. The van der Waals surface area contributed by atoms with E-state index in [1.54, 1.807) is 138 Å². The Kier molecular flexibility index (Phi) is 28.6. The van der Waals surface area contributed by atoms with Gasteiger partial charge >= 0.3 is 47.8 Å². The van der Waals surface area contributed by atoms with E-state index in [1.165, 1.54) is 48.5 Å². The van der Waals surface area contributed by atoms with Crippen molar-refractivity contribution in [3.63, 3.8) is 0 Å². The van der Waals surface area contributed by atoms with Gasteiger partial charge < -0.3 is 0 Å². The fraction of sp³-hybridized carbons (Fsp3) is 0.514. The smallest absolute Gasteiger partial charge is 0.292 e. The highest BCUT2D eigenvalue weighted by atomic mass is 17.2. The molecule has 0 saturated heterocycles. The van der Waals surface area contributed by atoms with Gasteiger partial charge in [0.25, 0.3) is 0 Å². The first-order chi connectivity index (χ1) is 44.0. The van der Waals surface area contributed by atoms with Crippen molar-refractivity contribution in [1.29, 1.82) is 0 Å². The Morgan fingerprint density at radius 2 is 0.375 bits per heavy atom. The number of ketones is 2. The monoisotopic (exact) mass is 1350 g/mol. The molecule has 528 valence electrons. The molecule has 4 rings (SSSR count). The summed E-state index contributed by atoms with van der Waals surface area (Å²) in [6.45, 7) is 40.7. The maximum atomic E-state index is 13.8. The third kappa shape index (κ3) is 26.7. The van der Waals surface area contributed by atoms with E-state index in [1.807, 2.05) is 27.7 Å². The molecule has 0 heterocycles. The lowest BCUT2D eigenvalue weighted by Gasteiger charge is -2.22. The highest BCUT2D eigenvalue weighted by Crippen LogP contribution is 2.28. The van der Waals surface area contributed by atoms with Crippen LogP contribution >= 0.6 is 0 Å². The maximum absolute atomic E-state index is 13.8. The number of hydrogen-bond donors (Lipinski definition) is 0. The summed E-state index contributed by atoms with van der Waals surface area (Å²) in [5.74, 6) is -9.79. The summed E-state index contributed by atoms with van der Waals surface area (Å²) in [4.78, 5) is 213. The van der Waals surface area contributed by atoms with Crippen LogP contribution in [0, 0.1) is 0 Å². The van der Waals surface area contributed by atoms with E-state index >= 15 is 0 Å². The molecule has 0 amide bonds. The lowest BCUT2D eigenvalue weighted by Crippen LogP contribution is -2.27. The summed E-state index contributed by atoms with van der Waals surface area (Å²) in [5, 5.41) is 0. The van der Waals surface area contributed by atoms with E-state index < -0.39 is 104 Å². The normalized spacial score (nSPS) is 12.2. The Morgan fingerprint density at radius 1 is 0.229 bits per heavy atom. The van der Waals surface area contributed by atoms with Crippen molar-refractivity contribution in [3.05, 3.63) is 140 Å². The molecule has 0 aliphatic carbocycles. The molecule has 0 aliphatic rings. The van der Waals surface area contributed by atoms with Crippen molar-refractivity contribution in [1.82, 2.24) is 0 Å². The van der Waals surface area contributed by atoms with Crippen LogP contribution in [0.2, 0.25) is 0 Å². The standard InChI is InChI=1S/C37H50O13.C33H42O13/c1-13-34(5,6)47-43-30(39)25-19-17-23(21-27(25)32(41)45-49-36(9,10)15-3)29(38)24-18-20-26(31(40)44-48-35(7,8)14-2)28(22-24)33(42)46-50-37(11,12)16-4;1-30(2,3)43-39-26(35)21-15-13-19(17-23(21)28(37)41-45-32(7,8)9)25(34)20-14-16-22(27(36)40-44-31(4,5)6)24(18-20)29(38)42-46-33(10,11)12/h17-22H,13-16H2,1-12H3;13-18H,1-12H3. The minimum absolute atomic E-state index is 0.0795. The molecule has 96 heavy (non-hydrogen) atoms. The molecule has 0 spiro atoms. The van der Waals surface area contributed by atoms with Gasteiger partial charge in [-0.25, -0.2) is 38.4 Å². The lowest BCUT2D eigenvalue weighted by atomic mass is 9.95. The van der Waals surface area contributed by atoms with Gasteiger partial charge in [-0.05, 0) is 213 Å². The van der Waals surface area contributed by atoms with Gasteiger partial charge in [0.05, 0.1) is 44.5 Å². The molecule has 0 saturated carbocycles. The van der Waals surface area contributed by atoms with Crippen LogP contribution in [-0.4, -0.2) is 104 Å². The van der Waals surface area contributed by atoms with E-state index in [4.69, 9.17) is 78.2 Å². The van der Waals surface area contributed by atoms with Crippen LogP contribution in [0.3, 0.4) is 0 Å². The van der Waals surface area contributed by atoms with Crippen molar-refractivity contribution in [2.45, 2.75) is 237 Å². The Morgan fingerprint density at radius 3 is 0.521 bits per heavy atom. The van der Waals surface area contributed by atoms with Crippen LogP contribution in [0.5, 0.6) is 0 Å². The third-order valence-electron chi connectivity index (χ3n) is 13.1. The van der Waals surface area contributed by atoms with Crippen molar-refractivity contribution in [2.24, 2.45) is 0 Å². The molecule has 0 radical (unpaired) electrons. The molecule has 0 N–H and O–H groups in total. The number of carbonyl (C=O) groups excluding carboxylic acids is 10. The predicted octanol–water partition coefficient (Wildman–Crippen LogP) is 14.5. The minimum Gasteiger partial charge on any atom is -0.292 e. The Bertz CT molecular complexity index is 3250. The fourth-order valence-corrected chi connectivity index (χ4v) is 6.31. The van der Waals surface area contributed by atoms with Gasteiger partial charge in [-0.15, -0.1) is 0 Å². The largest absolute Gasteiger partial charge is 0.374 e. The highest BCUT2D eigenvalue weighted by molar-refractivity contribution is 6.15. The fourth-order valence-electron chi connectivity index (χ4n) is 6.31. The van der Waals surface area contributed by atoms with E-state index in [-0.39, 0.29) is 66.8 Å². The van der Waals surface area contributed by atoms with Gasteiger partial charge in [0, 0.05) is 22.3 Å². The highest BCUT2D eigenvalue weighted by Gasteiger charge is 2.34. The number of rotatable bonds is 28. The lowest BCUT2D eigenvalue weighted by molar-refractivity contribution is -0.308. The summed E-state index contributed by atoms with van der Waals surface area (Å²) >= 11 is 0. The molecule has 0 fully saturated rings. The maximum Gasteiger partial charge on any atom is 0.374 e. The molecular formula is C70H92O26. The summed E-state index contributed by atoms with van der Waals surface area (Å²) in [6.07, 6.45) is 2.01. The molecule has 26 nitrogen and oxygen atoms in total. The molecule has 0 aromatic heterocycles. The van der Waals surface area contributed by atoms with Gasteiger partial charge in [-0.3, -0.25) is 48.7 Å². The number of benzene rings is 4.